The minimum Gasteiger partial charge on any atom is -0.384 e. The number of nitrogen functional groups attached to an aromatic ring is 1. The molecule has 2 heterocycles. The summed E-state index contributed by atoms with van der Waals surface area (Å²) in [6, 6.07) is 1.67. The molecule has 0 saturated carbocycles. The van der Waals surface area contributed by atoms with E-state index in [-0.39, 0.29) is 11.9 Å². The van der Waals surface area contributed by atoms with Crippen LogP contribution in [0, 0.1) is 0 Å². The average Bonchev–Trinajstić information content (AvgIpc) is 2.32. The lowest BCUT2D eigenvalue weighted by Gasteiger charge is -2.30. The number of nitrogens with zero attached hydrogens (tertiary/aromatic N) is 2. The molecule has 1 amide bonds. The van der Waals surface area contributed by atoms with Gasteiger partial charge in [-0.15, -0.1) is 0 Å². The normalized spacial score (nSPS) is 20.7. The third-order valence-electron chi connectivity index (χ3n) is 3.08. The lowest BCUT2D eigenvalue weighted by Crippen LogP contribution is -2.46. The minimum absolute atomic E-state index is 0.168. The van der Waals surface area contributed by atoms with E-state index in [0.29, 0.717) is 16.4 Å². The molecule has 6 heteroatoms. The van der Waals surface area contributed by atoms with Crippen LogP contribution < -0.4 is 11.1 Å². The molecule has 1 unspecified atom stereocenters. The van der Waals surface area contributed by atoms with Crippen molar-refractivity contribution in [3.8, 4) is 0 Å². The number of amides is 1. The van der Waals surface area contributed by atoms with Gasteiger partial charge in [0.25, 0.3) is 5.91 Å². The van der Waals surface area contributed by atoms with E-state index in [0.717, 1.165) is 25.9 Å². The molecule has 0 aromatic carbocycles. The van der Waals surface area contributed by atoms with Crippen LogP contribution in [0.15, 0.2) is 12.3 Å². The van der Waals surface area contributed by atoms with Crippen LogP contribution in [0.5, 0.6) is 0 Å². The van der Waals surface area contributed by atoms with Gasteiger partial charge in [-0.2, -0.15) is 0 Å². The Morgan fingerprint density at radius 3 is 3.17 bits per heavy atom. The highest BCUT2D eigenvalue weighted by Crippen LogP contribution is 2.17. The molecule has 98 valence electrons. The quantitative estimate of drug-likeness (QED) is 0.844. The first-order valence-corrected chi connectivity index (χ1v) is 6.34. The second-order valence-electron chi connectivity index (χ2n) is 4.66. The Hall–Kier alpha value is -1.33. The molecular weight excluding hydrogens is 252 g/mol. The maximum Gasteiger partial charge on any atom is 0.253 e. The average molecular weight is 269 g/mol. The minimum atomic E-state index is -0.186. The van der Waals surface area contributed by atoms with Crippen LogP contribution in [0.25, 0.3) is 0 Å². The number of pyridine rings is 1. The van der Waals surface area contributed by atoms with E-state index in [1.807, 2.05) is 0 Å². The molecule has 1 aliphatic heterocycles. The Bertz CT molecular complexity index is 452. The van der Waals surface area contributed by atoms with Crippen molar-refractivity contribution in [2.24, 2.45) is 0 Å². The molecule has 0 spiro atoms. The van der Waals surface area contributed by atoms with Crippen molar-refractivity contribution in [1.82, 2.24) is 15.2 Å². The molecule has 18 heavy (non-hydrogen) atoms. The van der Waals surface area contributed by atoms with E-state index < -0.39 is 0 Å². The fourth-order valence-corrected chi connectivity index (χ4v) is 2.37. The van der Waals surface area contributed by atoms with Crippen LogP contribution in [-0.4, -0.2) is 42.0 Å². The molecule has 5 nitrogen and oxygen atoms in total. The third-order valence-corrected chi connectivity index (χ3v) is 3.38. The van der Waals surface area contributed by atoms with Crippen LogP contribution in [0.4, 0.5) is 5.82 Å². The number of hydrogen-bond acceptors (Lipinski definition) is 4. The second-order valence-corrected chi connectivity index (χ2v) is 5.07. The molecule has 0 radical (unpaired) electrons. The van der Waals surface area contributed by atoms with Crippen LogP contribution in [-0.2, 0) is 0 Å². The van der Waals surface area contributed by atoms with E-state index in [1.54, 1.807) is 0 Å². The van der Waals surface area contributed by atoms with Crippen LogP contribution in [0.2, 0.25) is 5.02 Å². The number of carbonyl (C=O) groups excluding carboxylic acids is 1. The Morgan fingerprint density at radius 2 is 2.44 bits per heavy atom. The number of piperidine rings is 1. The maximum atomic E-state index is 12.1. The first kappa shape index (κ1) is 13.1. The van der Waals surface area contributed by atoms with Gasteiger partial charge in [-0.25, -0.2) is 4.98 Å². The van der Waals surface area contributed by atoms with E-state index in [1.165, 1.54) is 12.3 Å². The van der Waals surface area contributed by atoms with Gasteiger partial charge in [-0.1, -0.05) is 11.6 Å². The summed E-state index contributed by atoms with van der Waals surface area (Å²) < 4.78 is 0. The highest BCUT2D eigenvalue weighted by Gasteiger charge is 2.20. The predicted octanol–water partition coefficient (Wildman–Crippen LogP) is 1.14. The summed E-state index contributed by atoms with van der Waals surface area (Å²) >= 11 is 5.95. The van der Waals surface area contributed by atoms with Gasteiger partial charge in [0.1, 0.15) is 5.82 Å². The fourth-order valence-electron chi connectivity index (χ4n) is 2.18. The predicted molar refractivity (Wildman–Crippen MR) is 71.6 cm³/mol. The summed E-state index contributed by atoms with van der Waals surface area (Å²) in [6.45, 7) is 1.94. The number of hydrogen-bond donors (Lipinski definition) is 2. The number of carbonyl (C=O) groups is 1. The third kappa shape index (κ3) is 3.11. The zero-order valence-electron chi connectivity index (χ0n) is 10.3. The summed E-state index contributed by atoms with van der Waals surface area (Å²) in [5.41, 5.74) is 5.95. The highest BCUT2D eigenvalue weighted by molar-refractivity contribution is 6.33. The van der Waals surface area contributed by atoms with Crippen LogP contribution in [0.1, 0.15) is 23.2 Å². The highest BCUT2D eigenvalue weighted by atomic mass is 35.5. The smallest absolute Gasteiger partial charge is 0.253 e. The number of halogens is 1. The lowest BCUT2D eigenvalue weighted by atomic mass is 10.1. The zero-order valence-corrected chi connectivity index (χ0v) is 11.1. The number of nitrogens with two attached hydrogens (primary N) is 1. The molecule has 0 bridgehead atoms. The van der Waals surface area contributed by atoms with E-state index in [4.69, 9.17) is 17.3 Å². The Kier molecular flexibility index (Phi) is 4.04. The summed E-state index contributed by atoms with van der Waals surface area (Å²) in [5, 5.41) is 3.31. The number of aromatic nitrogens is 1. The number of rotatable bonds is 2. The molecule has 1 atom stereocenters. The first-order chi connectivity index (χ1) is 8.56. The monoisotopic (exact) mass is 268 g/mol. The van der Waals surface area contributed by atoms with Gasteiger partial charge < -0.3 is 16.0 Å². The standard InChI is InChI=1S/C12H17ClN4O/c1-17-4-2-3-8(7-17)16-12(18)9-5-11(14)15-6-10(9)13/h5-6,8H,2-4,7H2,1H3,(H2,14,15)(H,16,18). The summed E-state index contributed by atoms with van der Waals surface area (Å²) in [6.07, 6.45) is 3.49. The topological polar surface area (TPSA) is 71.2 Å². The summed E-state index contributed by atoms with van der Waals surface area (Å²) in [5.74, 6) is 0.111. The molecule has 1 aromatic rings. The number of nitrogens with one attached hydrogen (secondary N) is 1. The van der Waals surface area contributed by atoms with Gasteiger partial charge >= 0.3 is 0 Å². The van der Waals surface area contributed by atoms with Crippen molar-refractivity contribution in [3.63, 3.8) is 0 Å². The lowest BCUT2D eigenvalue weighted by molar-refractivity contribution is 0.0912. The SMILES string of the molecule is CN1CCCC(NC(=O)c2cc(N)ncc2Cl)C1. The molecule has 1 saturated heterocycles. The number of likely N-dealkylation sites (tertiary alicyclic amines) is 1. The Labute approximate surface area is 111 Å². The van der Waals surface area contributed by atoms with Gasteiger partial charge in [-0.05, 0) is 32.5 Å². The van der Waals surface area contributed by atoms with Crippen molar-refractivity contribution in [3.05, 3.63) is 22.8 Å². The zero-order chi connectivity index (χ0) is 13.1. The van der Waals surface area contributed by atoms with Crippen molar-refractivity contribution in [2.75, 3.05) is 25.9 Å². The molecule has 3 N–H and O–H groups in total. The molecule has 1 aromatic heterocycles. The van der Waals surface area contributed by atoms with Gasteiger partial charge in [0.05, 0.1) is 10.6 Å². The van der Waals surface area contributed by atoms with Crippen molar-refractivity contribution >= 4 is 23.3 Å². The fraction of sp³-hybridized carbons (Fsp3) is 0.500. The van der Waals surface area contributed by atoms with Crippen LogP contribution in [0.3, 0.4) is 0 Å². The van der Waals surface area contributed by atoms with E-state index >= 15 is 0 Å². The van der Waals surface area contributed by atoms with E-state index in [2.05, 4.69) is 22.2 Å². The molecular formula is C12H17ClN4O. The van der Waals surface area contributed by atoms with Crippen molar-refractivity contribution in [2.45, 2.75) is 18.9 Å². The van der Waals surface area contributed by atoms with Gasteiger partial charge in [0.15, 0.2) is 0 Å². The molecule has 2 rings (SSSR count). The Balaban J connectivity index is 2.05. The molecule has 1 fully saturated rings. The Morgan fingerprint density at radius 1 is 1.67 bits per heavy atom. The molecule has 0 aliphatic carbocycles. The second kappa shape index (κ2) is 5.54. The van der Waals surface area contributed by atoms with Crippen molar-refractivity contribution in [1.29, 1.82) is 0 Å². The van der Waals surface area contributed by atoms with Crippen molar-refractivity contribution < 1.29 is 4.79 Å². The number of likely N-dealkylation sites (N-methyl/N-ethyl adjacent to an activating group) is 1. The maximum absolute atomic E-state index is 12.1. The molecule has 1 aliphatic rings. The number of anilines is 1. The van der Waals surface area contributed by atoms with E-state index in [9.17, 15) is 4.79 Å². The van der Waals surface area contributed by atoms with Gasteiger partial charge in [0.2, 0.25) is 0 Å². The summed E-state index contributed by atoms with van der Waals surface area (Å²) in [4.78, 5) is 18.1. The summed E-state index contributed by atoms with van der Waals surface area (Å²) in [7, 11) is 2.05. The first-order valence-electron chi connectivity index (χ1n) is 5.96. The van der Waals surface area contributed by atoms with Gasteiger partial charge in [0, 0.05) is 18.8 Å². The van der Waals surface area contributed by atoms with Crippen LogP contribution >= 0.6 is 11.6 Å². The van der Waals surface area contributed by atoms with Gasteiger partial charge in [-0.3, -0.25) is 4.79 Å². The largest absolute Gasteiger partial charge is 0.384 e.